The molecule has 3 heterocycles. The third-order valence-corrected chi connectivity index (χ3v) is 5.91. The van der Waals surface area contributed by atoms with Crippen molar-refractivity contribution in [3.05, 3.63) is 34.7 Å². The molecule has 4 rings (SSSR count). The highest BCUT2D eigenvalue weighted by Crippen LogP contribution is 2.29. The van der Waals surface area contributed by atoms with Crippen molar-refractivity contribution < 1.29 is 14.0 Å². The van der Waals surface area contributed by atoms with Gasteiger partial charge in [-0.25, -0.2) is 9.78 Å². The maximum Gasteiger partial charge on any atom is 0.317 e. The van der Waals surface area contributed by atoms with Gasteiger partial charge >= 0.3 is 6.03 Å². The monoisotopic (exact) mass is 374 g/mol. The average Bonchev–Trinajstić information content (AvgIpc) is 3.31. The number of aromatic nitrogens is 1. The molecule has 0 saturated heterocycles. The van der Waals surface area contributed by atoms with Crippen molar-refractivity contribution in [2.75, 3.05) is 11.9 Å². The van der Waals surface area contributed by atoms with E-state index in [1.54, 1.807) is 12.1 Å². The number of hydrogen-bond donors (Lipinski definition) is 2. The Bertz CT molecular complexity index is 780. The summed E-state index contributed by atoms with van der Waals surface area (Å²) < 4.78 is 5.09. The molecule has 26 heavy (non-hydrogen) atoms. The Morgan fingerprint density at radius 1 is 1.27 bits per heavy atom. The SMILES string of the molecule is O=C(Nc1nc2c(s1)CN(C(=O)NC1CCCCC1)CC2)c1ccco1. The van der Waals surface area contributed by atoms with E-state index in [0.29, 0.717) is 30.7 Å². The Morgan fingerprint density at radius 3 is 2.88 bits per heavy atom. The van der Waals surface area contributed by atoms with Gasteiger partial charge in [0.2, 0.25) is 0 Å². The van der Waals surface area contributed by atoms with Crippen molar-refractivity contribution in [1.82, 2.24) is 15.2 Å². The van der Waals surface area contributed by atoms with Crippen LogP contribution in [0.3, 0.4) is 0 Å². The molecule has 138 valence electrons. The summed E-state index contributed by atoms with van der Waals surface area (Å²) in [7, 11) is 0. The zero-order valence-corrected chi connectivity index (χ0v) is 15.3. The number of carbonyl (C=O) groups excluding carboxylic acids is 2. The highest BCUT2D eigenvalue weighted by Gasteiger charge is 2.26. The maximum atomic E-state index is 12.5. The van der Waals surface area contributed by atoms with Gasteiger partial charge in [0.1, 0.15) is 0 Å². The number of hydrogen-bond acceptors (Lipinski definition) is 5. The highest BCUT2D eigenvalue weighted by molar-refractivity contribution is 7.15. The summed E-state index contributed by atoms with van der Waals surface area (Å²) >= 11 is 1.42. The molecular formula is C18H22N4O3S. The second-order valence-electron chi connectivity index (χ2n) is 6.78. The average molecular weight is 374 g/mol. The Morgan fingerprint density at radius 2 is 2.12 bits per heavy atom. The standard InChI is InChI=1S/C18H22N4O3S/c23-16(14-7-4-10-25-14)21-17-20-13-8-9-22(11-15(13)26-17)18(24)19-12-5-2-1-3-6-12/h4,7,10,12H,1-3,5-6,8-9,11H2,(H,19,24)(H,20,21,23). The van der Waals surface area contributed by atoms with E-state index in [4.69, 9.17) is 4.42 Å². The summed E-state index contributed by atoms with van der Waals surface area (Å²) in [6.07, 6.45) is 7.99. The first-order chi connectivity index (χ1) is 12.7. The van der Waals surface area contributed by atoms with Crippen LogP contribution in [0.5, 0.6) is 0 Å². The van der Waals surface area contributed by atoms with Gasteiger partial charge in [-0.15, -0.1) is 0 Å². The third kappa shape index (κ3) is 3.75. The Kier molecular flexibility index (Phi) is 4.92. The molecule has 2 aliphatic rings. The van der Waals surface area contributed by atoms with Crippen LogP contribution in [0.15, 0.2) is 22.8 Å². The van der Waals surface area contributed by atoms with Gasteiger partial charge in [0.25, 0.3) is 5.91 Å². The van der Waals surface area contributed by atoms with Gasteiger partial charge < -0.3 is 14.6 Å². The Hall–Kier alpha value is -2.35. The van der Waals surface area contributed by atoms with E-state index in [0.717, 1.165) is 23.4 Å². The van der Waals surface area contributed by atoms with Crippen LogP contribution in [0, 0.1) is 0 Å². The second-order valence-corrected chi connectivity index (χ2v) is 7.86. The quantitative estimate of drug-likeness (QED) is 0.862. The van der Waals surface area contributed by atoms with E-state index >= 15 is 0 Å². The largest absolute Gasteiger partial charge is 0.459 e. The van der Waals surface area contributed by atoms with Crippen LogP contribution >= 0.6 is 11.3 Å². The van der Waals surface area contributed by atoms with E-state index < -0.39 is 0 Å². The Labute approximate surface area is 155 Å². The topological polar surface area (TPSA) is 87.5 Å². The fraction of sp³-hybridized carbons (Fsp3) is 0.500. The summed E-state index contributed by atoms with van der Waals surface area (Å²) in [5.74, 6) is -0.0559. The lowest BCUT2D eigenvalue weighted by molar-refractivity contribution is 0.0996. The molecule has 7 nitrogen and oxygen atoms in total. The number of fused-ring (bicyclic) bond motifs is 1. The van der Waals surface area contributed by atoms with Gasteiger partial charge in [-0.3, -0.25) is 10.1 Å². The number of furan rings is 1. The number of nitrogens with one attached hydrogen (secondary N) is 2. The predicted molar refractivity (Wildman–Crippen MR) is 98.3 cm³/mol. The normalized spacial score (nSPS) is 17.6. The van der Waals surface area contributed by atoms with Crippen LogP contribution < -0.4 is 10.6 Å². The molecule has 2 aromatic rings. The molecule has 0 aromatic carbocycles. The van der Waals surface area contributed by atoms with Crippen molar-refractivity contribution in [3.8, 4) is 0 Å². The predicted octanol–water partition coefficient (Wildman–Crippen LogP) is 3.39. The molecule has 1 fully saturated rings. The minimum Gasteiger partial charge on any atom is -0.459 e. The van der Waals surface area contributed by atoms with Crippen LogP contribution in [-0.4, -0.2) is 34.4 Å². The van der Waals surface area contributed by atoms with Crippen LogP contribution in [0.4, 0.5) is 9.93 Å². The minimum atomic E-state index is -0.312. The lowest BCUT2D eigenvalue weighted by atomic mass is 9.96. The molecule has 1 saturated carbocycles. The third-order valence-electron chi connectivity index (χ3n) is 4.92. The van der Waals surface area contributed by atoms with Gasteiger partial charge in [-0.05, 0) is 25.0 Å². The van der Waals surface area contributed by atoms with Crippen LogP contribution in [0.2, 0.25) is 0 Å². The summed E-state index contributed by atoms with van der Waals surface area (Å²) in [4.78, 5) is 32.0. The van der Waals surface area contributed by atoms with E-state index in [-0.39, 0.29) is 17.7 Å². The molecule has 1 aliphatic heterocycles. The zero-order valence-electron chi connectivity index (χ0n) is 14.5. The molecular weight excluding hydrogens is 352 g/mol. The summed E-state index contributed by atoms with van der Waals surface area (Å²) in [6.45, 7) is 1.20. The number of carbonyl (C=O) groups is 2. The molecule has 0 spiro atoms. The summed E-state index contributed by atoms with van der Waals surface area (Å²) in [6, 6.07) is 3.60. The summed E-state index contributed by atoms with van der Waals surface area (Å²) in [5.41, 5.74) is 0.964. The van der Waals surface area contributed by atoms with Gasteiger partial charge in [0.15, 0.2) is 10.9 Å². The van der Waals surface area contributed by atoms with Gasteiger partial charge in [0, 0.05) is 23.9 Å². The van der Waals surface area contributed by atoms with Gasteiger partial charge in [-0.1, -0.05) is 30.6 Å². The maximum absolute atomic E-state index is 12.5. The second kappa shape index (κ2) is 7.49. The minimum absolute atomic E-state index is 0.0112. The smallest absolute Gasteiger partial charge is 0.317 e. The van der Waals surface area contributed by atoms with Crippen molar-refractivity contribution >= 4 is 28.4 Å². The number of urea groups is 1. The van der Waals surface area contributed by atoms with E-state index in [9.17, 15) is 9.59 Å². The number of rotatable bonds is 3. The van der Waals surface area contributed by atoms with Gasteiger partial charge in [0.05, 0.1) is 18.5 Å². The molecule has 0 radical (unpaired) electrons. The molecule has 0 atom stereocenters. The lowest BCUT2D eigenvalue weighted by Gasteiger charge is -2.30. The fourth-order valence-corrected chi connectivity index (χ4v) is 4.52. The molecule has 3 amide bonds. The van der Waals surface area contributed by atoms with Crippen LogP contribution in [-0.2, 0) is 13.0 Å². The van der Waals surface area contributed by atoms with Gasteiger partial charge in [-0.2, -0.15) is 0 Å². The zero-order chi connectivity index (χ0) is 17.9. The molecule has 2 aromatic heterocycles. The first-order valence-electron chi connectivity index (χ1n) is 9.08. The number of thiazole rings is 1. The lowest BCUT2D eigenvalue weighted by Crippen LogP contribution is -2.47. The molecule has 0 unspecified atom stereocenters. The van der Waals surface area contributed by atoms with E-state index in [1.165, 1.54) is 36.9 Å². The highest BCUT2D eigenvalue weighted by atomic mass is 32.1. The number of nitrogens with zero attached hydrogens (tertiary/aromatic N) is 2. The van der Waals surface area contributed by atoms with Crippen molar-refractivity contribution in [1.29, 1.82) is 0 Å². The number of amides is 3. The molecule has 0 bridgehead atoms. The Balaban J connectivity index is 1.37. The molecule has 8 heteroatoms. The van der Waals surface area contributed by atoms with Crippen molar-refractivity contribution in [2.24, 2.45) is 0 Å². The summed E-state index contributed by atoms with van der Waals surface area (Å²) in [5, 5.41) is 6.48. The molecule has 2 N–H and O–H groups in total. The molecule has 1 aliphatic carbocycles. The first kappa shape index (κ1) is 17.1. The van der Waals surface area contributed by atoms with E-state index in [2.05, 4.69) is 15.6 Å². The van der Waals surface area contributed by atoms with Crippen molar-refractivity contribution in [3.63, 3.8) is 0 Å². The van der Waals surface area contributed by atoms with Crippen LogP contribution in [0.1, 0.15) is 53.2 Å². The van der Waals surface area contributed by atoms with Crippen molar-refractivity contribution in [2.45, 2.75) is 51.1 Å². The van der Waals surface area contributed by atoms with Crippen LogP contribution in [0.25, 0.3) is 0 Å². The first-order valence-corrected chi connectivity index (χ1v) is 9.89. The fourth-order valence-electron chi connectivity index (χ4n) is 3.50. The number of anilines is 1. The van der Waals surface area contributed by atoms with E-state index in [1.807, 2.05) is 4.90 Å².